The monoisotopic (exact) mass is 390 g/mol. The predicted molar refractivity (Wildman–Crippen MR) is 111 cm³/mol. The first-order chi connectivity index (χ1) is 14.2. The van der Waals surface area contributed by atoms with Crippen molar-refractivity contribution in [2.24, 2.45) is 0 Å². The number of likely N-dealkylation sites (tertiary alicyclic amines) is 1. The van der Waals surface area contributed by atoms with Crippen LogP contribution in [0.2, 0.25) is 0 Å². The number of piperidine rings is 1. The fraction of sp³-hybridized carbons (Fsp3) is 0.333. The van der Waals surface area contributed by atoms with Gasteiger partial charge in [-0.25, -0.2) is 4.98 Å². The predicted octanol–water partition coefficient (Wildman–Crippen LogP) is 4.36. The van der Waals surface area contributed by atoms with Gasteiger partial charge in [0.05, 0.1) is 12.1 Å². The average molecular weight is 390 g/mol. The van der Waals surface area contributed by atoms with Gasteiger partial charge < -0.3 is 14.1 Å². The largest absolute Gasteiger partial charge is 0.484 e. The molecule has 2 aromatic carbocycles. The summed E-state index contributed by atoms with van der Waals surface area (Å²) in [6.07, 6.45) is 4.46. The molecule has 1 aliphatic heterocycles. The van der Waals surface area contributed by atoms with Gasteiger partial charge in [-0.05, 0) is 37.0 Å². The third kappa shape index (κ3) is 4.86. The van der Waals surface area contributed by atoms with Crippen LogP contribution in [0.4, 0.5) is 0 Å². The second kappa shape index (κ2) is 8.95. The molecule has 4 rings (SSSR count). The molecule has 2 heterocycles. The van der Waals surface area contributed by atoms with Crippen LogP contribution in [0.25, 0.3) is 0 Å². The molecule has 0 radical (unpaired) electrons. The zero-order valence-corrected chi connectivity index (χ0v) is 16.7. The summed E-state index contributed by atoms with van der Waals surface area (Å²) in [7, 11) is 0. The van der Waals surface area contributed by atoms with Crippen LogP contribution in [0.15, 0.2) is 65.2 Å². The molecule has 1 aliphatic rings. The van der Waals surface area contributed by atoms with Crippen LogP contribution in [-0.2, 0) is 11.2 Å². The Morgan fingerprint density at radius 3 is 2.79 bits per heavy atom. The smallest absolute Gasteiger partial charge is 0.260 e. The van der Waals surface area contributed by atoms with E-state index in [-0.39, 0.29) is 18.4 Å². The normalized spacial score (nSPS) is 16.6. The Labute approximate surface area is 171 Å². The Kier molecular flexibility index (Phi) is 5.94. The lowest BCUT2D eigenvalue weighted by atomic mass is 9.98. The number of aryl methyl sites for hydroxylation is 1. The van der Waals surface area contributed by atoms with Crippen molar-refractivity contribution in [2.45, 2.75) is 32.1 Å². The molecule has 1 fully saturated rings. The minimum absolute atomic E-state index is 0.00835. The third-order valence-corrected chi connectivity index (χ3v) is 5.36. The van der Waals surface area contributed by atoms with Gasteiger partial charge in [-0.15, -0.1) is 0 Å². The number of carbonyl (C=O) groups excluding carboxylic acids is 1. The van der Waals surface area contributed by atoms with Crippen LogP contribution in [0.1, 0.15) is 41.5 Å². The van der Waals surface area contributed by atoms with E-state index in [0.29, 0.717) is 6.54 Å². The molecular weight excluding hydrogens is 364 g/mol. The van der Waals surface area contributed by atoms with Crippen molar-refractivity contribution >= 4 is 5.91 Å². The number of amides is 1. The van der Waals surface area contributed by atoms with Gasteiger partial charge >= 0.3 is 0 Å². The Hall–Kier alpha value is -3.08. The first kappa shape index (κ1) is 19.2. The minimum Gasteiger partial charge on any atom is -0.484 e. The molecule has 3 aromatic rings. The van der Waals surface area contributed by atoms with Gasteiger partial charge in [0.15, 0.2) is 12.5 Å². The van der Waals surface area contributed by atoms with Gasteiger partial charge in [0.2, 0.25) is 0 Å². The van der Waals surface area contributed by atoms with Crippen molar-refractivity contribution in [1.29, 1.82) is 0 Å². The quantitative estimate of drug-likeness (QED) is 0.628. The second-order valence-electron chi connectivity index (χ2n) is 7.56. The number of carbonyl (C=O) groups is 1. The first-order valence-electron chi connectivity index (χ1n) is 10.1. The van der Waals surface area contributed by atoms with E-state index in [1.807, 2.05) is 60.5 Å². The van der Waals surface area contributed by atoms with Crippen LogP contribution < -0.4 is 4.74 Å². The number of hydrogen-bond acceptors (Lipinski definition) is 4. The van der Waals surface area contributed by atoms with Gasteiger partial charge in [-0.3, -0.25) is 4.79 Å². The lowest BCUT2D eigenvalue weighted by Crippen LogP contribution is -2.41. The standard InChI is InChI=1S/C24H26N2O3/c1-18-8-5-6-12-22(18)28-17-23(27)26-13-7-11-20(16-26)24-25-15-21(29-24)14-19-9-3-2-4-10-19/h2-6,8-10,12,15,20H,7,11,13-14,16-17H2,1H3. The fourth-order valence-electron chi connectivity index (χ4n) is 3.74. The molecule has 5 heteroatoms. The van der Waals surface area contributed by atoms with E-state index in [0.717, 1.165) is 48.8 Å². The van der Waals surface area contributed by atoms with Crippen molar-refractivity contribution in [3.63, 3.8) is 0 Å². The molecule has 1 atom stereocenters. The van der Waals surface area contributed by atoms with E-state index in [2.05, 4.69) is 17.1 Å². The second-order valence-corrected chi connectivity index (χ2v) is 7.56. The number of ether oxygens (including phenoxy) is 1. The average Bonchev–Trinajstić information content (AvgIpc) is 3.22. The maximum absolute atomic E-state index is 12.7. The number of para-hydroxylation sites is 1. The molecule has 5 nitrogen and oxygen atoms in total. The van der Waals surface area contributed by atoms with Crippen LogP contribution in [-0.4, -0.2) is 35.5 Å². The van der Waals surface area contributed by atoms with Crippen molar-refractivity contribution in [2.75, 3.05) is 19.7 Å². The molecule has 0 saturated carbocycles. The highest BCUT2D eigenvalue weighted by Gasteiger charge is 2.28. The zero-order chi connectivity index (χ0) is 20.1. The van der Waals surface area contributed by atoms with Crippen molar-refractivity contribution in [1.82, 2.24) is 9.88 Å². The Bertz CT molecular complexity index is 952. The van der Waals surface area contributed by atoms with E-state index >= 15 is 0 Å². The topological polar surface area (TPSA) is 55.6 Å². The number of nitrogens with zero attached hydrogens (tertiary/aromatic N) is 2. The van der Waals surface area contributed by atoms with Gasteiger partial charge in [-0.2, -0.15) is 0 Å². The van der Waals surface area contributed by atoms with Crippen LogP contribution in [0.3, 0.4) is 0 Å². The number of benzene rings is 2. The maximum Gasteiger partial charge on any atom is 0.260 e. The van der Waals surface area contributed by atoms with Crippen molar-refractivity contribution in [3.05, 3.63) is 83.6 Å². The highest BCUT2D eigenvalue weighted by atomic mass is 16.5. The lowest BCUT2D eigenvalue weighted by molar-refractivity contribution is -0.134. The van der Waals surface area contributed by atoms with Crippen LogP contribution in [0, 0.1) is 6.92 Å². The van der Waals surface area contributed by atoms with E-state index in [1.165, 1.54) is 5.56 Å². The summed E-state index contributed by atoms with van der Waals surface area (Å²) in [6.45, 7) is 3.42. The van der Waals surface area contributed by atoms with E-state index < -0.39 is 0 Å². The molecule has 29 heavy (non-hydrogen) atoms. The Balaban J connectivity index is 1.34. The number of hydrogen-bond donors (Lipinski definition) is 0. The molecule has 1 amide bonds. The van der Waals surface area contributed by atoms with Gasteiger partial charge in [0, 0.05) is 19.5 Å². The first-order valence-corrected chi connectivity index (χ1v) is 10.1. The third-order valence-electron chi connectivity index (χ3n) is 5.36. The van der Waals surface area contributed by atoms with E-state index in [9.17, 15) is 4.79 Å². The van der Waals surface area contributed by atoms with Crippen molar-refractivity contribution in [3.8, 4) is 5.75 Å². The molecule has 1 aromatic heterocycles. The molecule has 0 aliphatic carbocycles. The highest BCUT2D eigenvalue weighted by molar-refractivity contribution is 5.78. The van der Waals surface area contributed by atoms with E-state index in [1.54, 1.807) is 0 Å². The summed E-state index contributed by atoms with van der Waals surface area (Å²) in [6, 6.07) is 18.0. The number of rotatable bonds is 6. The number of aromatic nitrogens is 1. The molecule has 0 N–H and O–H groups in total. The summed E-state index contributed by atoms with van der Waals surface area (Å²) in [5, 5.41) is 0. The molecule has 0 bridgehead atoms. The molecule has 150 valence electrons. The fourth-order valence-corrected chi connectivity index (χ4v) is 3.74. The molecule has 1 unspecified atom stereocenters. The lowest BCUT2D eigenvalue weighted by Gasteiger charge is -2.31. The van der Waals surface area contributed by atoms with Crippen LogP contribution >= 0.6 is 0 Å². The summed E-state index contributed by atoms with van der Waals surface area (Å²) < 4.78 is 11.8. The molecule has 0 spiro atoms. The highest BCUT2D eigenvalue weighted by Crippen LogP contribution is 2.27. The molecular formula is C24H26N2O3. The number of oxazole rings is 1. The maximum atomic E-state index is 12.7. The van der Waals surface area contributed by atoms with Gasteiger partial charge in [0.25, 0.3) is 5.91 Å². The summed E-state index contributed by atoms with van der Waals surface area (Å²) >= 11 is 0. The summed E-state index contributed by atoms with van der Waals surface area (Å²) in [5.74, 6) is 2.49. The van der Waals surface area contributed by atoms with Crippen molar-refractivity contribution < 1.29 is 13.9 Å². The zero-order valence-electron chi connectivity index (χ0n) is 16.7. The van der Waals surface area contributed by atoms with Gasteiger partial charge in [0.1, 0.15) is 11.5 Å². The SMILES string of the molecule is Cc1ccccc1OCC(=O)N1CCCC(c2ncc(Cc3ccccc3)o2)C1. The molecule has 1 saturated heterocycles. The van der Waals surface area contributed by atoms with Crippen LogP contribution in [0.5, 0.6) is 5.75 Å². The summed E-state index contributed by atoms with van der Waals surface area (Å²) in [4.78, 5) is 19.0. The Morgan fingerprint density at radius 1 is 1.17 bits per heavy atom. The van der Waals surface area contributed by atoms with Gasteiger partial charge in [-0.1, -0.05) is 48.5 Å². The van der Waals surface area contributed by atoms with E-state index in [4.69, 9.17) is 9.15 Å². The minimum atomic E-state index is 0.00835. The summed E-state index contributed by atoms with van der Waals surface area (Å²) in [5.41, 5.74) is 2.23. The Morgan fingerprint density at radius 2 is 1.97 bits per heavy atom.